The normalized spacial score (nSPS) is 15.7. The molecule has 1 amide bonds. The molecule has 0 radical (unpaired) electrons. The zero-order chi connectivity index (χ0) is 21.6. The monoisotopic (exact) mass is 446 g/mol. The minimum absolute atomic E-state index is 0.0484. The van der Waals surface area contributed by atoms with Crippen LogP contribution >= 0.6 is 22.9 Å². The van der Waals surface area contributed by atoms with Crippen LogP contribution < -0.4 is 4.90 Å². The number of piperazine rings is 1. The first kappa shape index (κ1) is 21.8. The molecular weight excluding hydrogens is 425 g/mol. The number of carbonyl (C=O) groups excluding carboxylic acids is 1. The van der Waals surface area contributed by atoms with E-state index < -0.39 is 11.7 Å². The molecule has 0 atom stereocenters. The van der Waals surface area contributed by atoms with E-state index in [1.165, 1.54) is 11.3 Å². The first-order valence-corrected chi connectivity index (χ1v) is 10.3. The summed E-state index contributed by atoms with van der Waals surface area (Å²) in [6.45, 7) is 9.74. The highest BCUT2D eigenvalue weighted by Gasteiger charge is 2.33. The summed E-state index contributed by atoms with van der Waals surface area (Å²) in [5.41, 5.74) is -0.285. The van der Waals surface area contributed by atoms with Gasteiger partial charge in [-0.1, -0.05) is 32.4 Å². The average molecular weight is 447 g/mol. The number of thiazole rings is 1. The summed E-state index contributed by atoms with van der Waals surface area (Å²) in [4.78, 5) is 25.6. The molecule has 2 aromatic heterocycles. The summed E-state index contributed by atoms with van der Waals surface area (Å²) in [5.74, 6) is 0.234. The van der Waals surface area contributed by atoms with E-state index in [-0.39, 0.29) is 16.3 Å². The van der Waals surface area contributed by atoms with E-state index >= 15 is 0 Å². The van der Waals surface area contributed by atoms with Gasteiger partial charge in [-0.3, -0.25) is 4.79 Å². The van der Waals surface area contributed by atoms with Crippen molar-refractivity contribution < 1.29 is 18.0 Å². The fraction of sp³-hybridized carbons (Fsp3) is 0.526. The van der Waals surface area contributed by atoms with Crippen LogP contribution in [0.1, 0.15) is 46.7 Å². The predicted octanol–water partition coefficient (Wildman–Crippen LogP) is 4.78. The molecule has 1 aliphatic rings. The number of anilines is 1. The molecule has 3 heterocycles. The van der Waals surface area contributed by atoms with Crippen molar-refractivity contribution in [1.29, 1.82) is 0 Å². The lowest BCUT2D eigenvalue weighted by molar-refractivity contribution is -0.137. The SMILES string of the molecule is Cc1nc(C(C)(C)C)sc1C(=O)N1CCN(c2ncc(C(F)(F)F)cc2Cl)CC1. The molecule has 2 aromatic rings. The number of pyridine rings is 1. The molecule has 1 aliphatic heterocycles. The molecular formula is C19H22ClF3N4OS. The van der Waals surface area contributed by atoms with E-state index in [9.17, 15) is 18.0 Å². The Morgan fingerprint density at radius 2 is 1.79 bits per heavy atom. The van der Waals surface area contributed by atoms with Gasteiger partial charge in [-0.25, -0.2) is 9.97 Å². The maximum atomic E-state index is 12.9. The Morgan fingerprint density at radius 3 is 2.28 bits per heavy atom. The standard InChI is InChI=1S/C19H22ClF3N4OS/c1-11-14(29-17(25-11)18(2,3)4)16(28)27-7-5-26(6-8-27)15-13(20)9-12(10-24-15)19(21,22)23/h9-10H,5-8H2,1-4H3. The summed E-state index contributed by atoms with van der Waals surface area (Å²) in [6, 6.07) is 0.885. The fourth-order valence-electron chi connectivity index (χ4n) is 3.00. The van der Waals surface area contributed by atoms with Crippen molar-refractivity contribution in [2.45, 2.75) is 39.3 Å². The molecule has 5 nitrogen and oxygen atoms in total. The van der Waals surface area contributed by atoms with E-state index in [0.29, 0.717) is 36.9 Å². The Kier molecular flexibility index (Phi) is 5.84. The molecule has 0 spiro atoms. The van der Waals surface area contributed by atoms with Gasteiger partial charge in [-0.2, -0.15) is 13.2 Å². The van der Waals surface area contributed by atoms with Crippen LogP contribution in [0, 0.1) is 6.92 Å². The minimum atomic E-state index is -4.49. The van der Waals surface area contributed by atoms with Gasteiger partial charge in [0.05, 0.1) is 21.3 Å². The second kappa shape index (κ2) is 7.75. The van der Waals surface area contributed by atoms with Crippen LogP contribution in [0.4, 0.5) is 19.0 Å². The minimum Gasteiger partial charge on any atom is -0.352 e. The number of aromatic nitrogens is 2. The third-order valence-corrected chi connectivity index (χ3v) is 6.50. The maximum Gasteiger partial charge on any atom is 0.417 e. The summed E-state index contributed by atoms with van der Waals surface area (Å²) in [5, 5.41) is 0.866. The van der Waals surface area contributed by atoms with Gasteiger partial charge < -0.3 is 9.80 Å². The Labute approximate surface area is 176 Å². The van der Waals surface area contributed by atoms with Gasteiger partial charge in [0, 0.05) is 37.8 Å². The highest BCUT2D eigenvalue weighted by atomic mass is 35.5. The zero-order valence-corrected chi connectivity index (χ0v) is 18.2. The molecule has 0 saturated carbocycles. The van der Waals surface area contributed by atoms with Crippen molar-refractivity contribution in [3.8, 4) is 0 Å². The van der Waals surface area contributed by atoms with Gasteiger partial charge in [-0.15, -0.1) is 11.3 Å². The number of amides is 1. The second-order valence-corrected chi connectivity index (χ2v) is 9.40. The van der Waals surface area contributed by atoms with E-state index in [0.717, 1.165) is 23.0 Å². The largest absolute Gasteiger partial charge is 0.417 e. The van der Waals surface area contributed by atoms with Gasteiger partial charge >= 0.3 is 6.18 Å². The second-order valence-electron chi connectivity index (χ2n) is 7.99. The Morgan fingerprint density at radius 1 is 1.17 bits per heavy atom. The lowest BCUT2D eigenvalue weighted by Crippen LogP contribution is -2.49. The molecule has 3 rings (SSSR count). The van der Waals surface area contributed by atoms with E-state index in [2.05, 4.69) is 30.7 Å². The molecule has 1 fully saturated rings. The fourth-order valence-corrected chi connectivity index (χ4v) is 4.38. The molecule has 0 aliphatic carbocycles. The quantitative estimate of drug-likeness (QED) is 0.666. The highest BCUT2D eigenvalue weighted by molar-refractivity contribution is 7.14. The number of carbonyl (C=O) groups is 1. The van der Waals surface area contributed by atoms with Crippen LogP contribution in [0.5, 0.6) is 0 Å². The summed E-state index contributed by atoms with van der Waals surface area (Å²) < 4.78 is 38.4. The maximum absolute atomic E-state index is 12.9. The highest BCUT2D eigenvalue weighted by Crippen LogP contribution is 2.34. The number of alkyl halides is 3. The smallest absolute Gasteiger partial charge is 0.352 e. The van der Waals surface area contributed by atoms with Gasteiger partial charge in [-0.05, 0) is 13.0 Å². The lowest BCUT2D eigenvalue weighted by Gasteiger charge is -2.35. The van der Waals surface area contributed by atoms with Gasteiger partial charge in [0.15, 0.2) is 0 Å². The molecule has 1 saturated heterocycles. The number of rotatable bonds is 2. The van der Waals surface area contributed by atoms with E-state index in [1.54, 1.807) is 9.80 Å². The van der Waals surface area contributed by atoms with Crippen LogP contribution in [0.25, 0.3) is 0 Å². The third kappa shape index (κ3) is 4.66. The van der Waals surface area contributed by atoms with Crippen molar-refractivity contribution in [2.24, 2.45) is 0 Å². The molecule has 0 aromatic carbocycles. The van der Waals surface area contributed by atoms with Crippen molar-refractivity contribution in [3.63, 3.8) is 0 Å². The molecule has 29 heavy (non-hydrogen) atoms. The Balaban J connectivity index is 1.70. The zero-order valence-electron chi connectivity index (χ0n) is 16.6. The lowest BCUT2D eigenvalue weighted by atomic mass is 9.98. The topological polar surface area (TPSA) is 49.3 Å². The summed E-state index contributed by atoms with van der Waals surface area (Å²) in [6.07, 6.45) is -3.70. The van der Waals surface area contributed by atoms with Gasteiger partial charge in [0.25, 0.3) is 5.91 Å². The third-order valence-electron chi connectivity index (χ3n) is 4.65. The van der Waals surface area contributed by atoms with Crippen LogP contribution in [0.2, 0.25) is 5.02 Å². The van der Waals surface area contributed by atoms with Crippen molar-refractivity contribution in [1.82, 2.24) is 14.9 Å². The van der Waals surface area contributed by atoms with E-state index in [1.807, 2.05) is 6.92 Å². The van der Waals surface area contributed by atoms with Crippen molar-refractivity contribution >= 4 is 34.7 Å². The number of hydrogen-bond acceptors (Lipinski definition) is 5. The Hall–Kier alpha value is -1.87. The van der Waals surface area contributed by atoms with Crippen molar-refractivity contribution in [2.75, 3.05) is 31.1 Å². The summed E-state index contributed by atoms with van der Waals surface area (Å²) >= 11 is 7.45. The first-order valence-electron chi connectivity index (χ1n) is 9.13. The molecule has 0 bridgehead atoms. The Bertz CT molecular complexity index is 915. The summed E-state index contributed by atoms with van der Waals surface area (Å²) in [7, 11) is 0. The number of aryl methyl sites for hydroxylation is 1. The molecule has 0 unspecified atom stereocenters. The van der Waals surface area contributed by atoms with Gasteiger partial charge in [0.2, 0.25) is 0 Å². The van der Waals surface area contributed by atoms with Crippen LogP contribution in [0.15, 0.2) is 12.3 Å². The molecule has 10 heteroatoms. The predicted molar refractivity (Wildman–Crippen MR) is 108 cm³/mol. The van der Waals surface area contributed by atoms with Crippen LogP contribution in [-0.2, 0) is 11.6 Å². The number of hydrogen-bond donors (Lipinski definition) is 0. The van der Waals surface area contributed by atoms with E-state index in [4.69, 9.17) is 11.6 Å². The molecule has 0 N–H and O–H groups in total. The van der Waals surface area contributed by atoms with Crippen molar-refractivity contribution in [3.05, 3.63) is 38.4 Å². The van der Waals surface area contributed by atoms with Crippen LogP contribution in [-0.4, -0.2) is 47.0 Å². The number of nitrogens with zero attached hydrogens (tertiary/aromatic N) is 4. The average Bonchev–Trinajstić information content (AvgIpc) is 3.02. The first-order chi connectivity index (χ1) is 13.4. The molecule has 158 valence electrons. The van der Waals surface area contributed by atoms with Crippen LogP contribution in [0.3, 0.4) is 0 Å². The number of halogens is 4. The van der Waals surface area contributed by atoms with Gasteiger partial charge in [0.1, 0.15) is 10.7 Å².